The fourth-order valence-corrected chi connectivity index (χ4v) is 3.11. The van der Waals surface area contributed by atoms with Gasteiger partial charge in [-0.3, -0.25) is 14.4 Å². The van der Waals surface area contributed by atoms with Crippen molar-refractivity contribution in [1.82, 2.24) is 5.32 Å². The molecule has 0 heterocycles. The first-order valence-electron chi connectivity index (χ1n) is 7.88. The number of hydrogen-bond donors (Lipinski definition) is 2. The first kappa shape index (κ1) is 20.4. The van der Waals surface area contributed by atoms with Gasteiger partial charge >= 0.3 is 5.97 Å². The molecule has 1 atom stereocenters. The molecule has 5 nitrogen and oxygen atoms in total. The van der Waals surface area contributed by atoms with Crippen LogP contribution in [0.3, 0.4) is 0 Å². The summed E-state index contributed by atoms with van der Waals surface area (Å²) in [5.41, 5.74) is -0.0168. The van der Waals surface area contributed by atoms with Gasteiger partial charge in [0.25, 0.3) is 0 Å². The summed E-state index contributed by atoms with van der Waals surface area (Å²) in [6, 6.07) is 7.48. The highest BCUT2D eigenvalue weighted by atomic mass is 79.9. The average molecular weight is 398 g/mol. The van der Waals surface area contributed by atoms with Gasteiger partial charge in [0.05, 0.1) is 5.41 Å². The molecule has 0 saturated carbocycles. The first-order chi connectivity index (χ1) is 11.1. The van der Waals surface area contributed by atoms with Crippen molar-refractivity contribution in [2.75, 3.05) is 6.54 Å². The number of carboxylic acid groups (broad SMARTS) is 1. The number of aliphatic carboxylic acids is 1. The van der Waals surface area contributed by atoms with Gasteiger partial charge in [0.15, 0.2) is 0 Å². The number of ketones is 1. The summed E-state index contributed by atoms with van der Waals surface area (Å²) in [7, 11) is 0. The number of Topliss-reactive ketones (excluding diaryl/α,β-unsaturated/α-hetero) is 1. The molecule has 0 saturated heterocycles. The van der Waals surface area contributed by atoms with Crippen molar-refractivity contribution in [3.63, 3.8) is 0 Å². The van der Waals surface area contributed by atoms with Crippen molar-refractivity contribution < 1.29 is 19.5 Å². The number of carbonyl (C=O) groups is 3. The highest BCUT2D eigenvalue weighted by Gasteiger charge is 2.36. The summed E-state index contributed by atoms with van der Waals surface area (Å²) in [4.78, 5) is 35.5. The molecular formula is C18H24BrNO4. The van der Waals surface area contributed by atoms with Crippen LogP contribution in [0.5, 0.6) is 0 Å². The Kier molecular flexibility index (Phi) is 7.60. The van der Waals surface area contributed by atoms with Crippen molar-refractivity contribution in [2.45, 2.75) is 40.0 Å². The summed E-state index contributed by atoms with van der Waals surface area (Å²) in [5, 5.41) is 11.1. The number of benzene rings is 1. The molecule has 0 bridgehead atoms. The molecule has 0 aliphatic heterocycles. The predicted octanol–water partition coefficient (Wildman–Crippen LogP) is 3.20. The van der Waals surface area contributed by atoms with E-state index in [-0.39, 0.29) is 30.4 Å². The van der Waals surface area contributed by atoms with Gasteiger partial charge in [0.1, 0.15) is 12.3 Å². The zero-order valence-electron chi connectivity index (χ0n) is 14.3. The van der Waals surface area contributed by atoms with Gasteiger partial charge in [-0.2, -0.15) is 0 Å². The van der Waals surface area contributed by atoms with Gasteiger partial charge in [0, 0.05) is 17.3 Å². The number of nitrogens with one attached hydrogen (secondary N) is 1. The zero-order valence-corrected chi connectivity index (χ0v) is 15.9. The Morgan fingerprint density at radius 2 is 1.79 bits per heavy atom. The fraction of sp³-hybridized carbons (Fsp3) is 0.500. The maximum absolute atomic E-state index is 12.4. The maximum Gasteiger partial charge on any atom is 0.322 e. The molecule has 0 aliphatic carbocycles. The lowest BCUT2D eigenvalue weighted by molar-refractivity contribution is -0.141. The highest BCUT2D eigenvalue weighted by Crippen LogP contribution is 2.31. The third-order valence-corrected chi connectivity index (χ3v) is 4.24. The van der Waals surface area contributed by atoms with Gasteiger partial charge in [-0.15, -0.1) is 0 Å². The van der Waals surface area contributed by atoms with Gasteiger partial charge in [-0.1, -0.05) is 48.8 Å². The van der Waals surface area contributed by atoms with Crippen LogP contribution >= 0.6 is 15.9 Å². The van der Waals surface area contributed by atoms with E-state index in [4.69, 9.17) is 5.11 Å². The molecular weight excluding hydrogens is 374 g/mol. The third kappa shape index (κ3) is 6.83. The van der Waals surface area contributed by atoms with Gasteiger partial charge < -0.3 is 10.4 Å². The van der Waals surface area contributed by atoms with E-state index in [2.05, 4.69) is 21.2 Å². The summed E-state index contributed by atoms with van der Waals surface area (Å²) < 4.78 is 0.941. The minimum absolute atomic E-state index is 0.0362. The molecule has 0 radical (unpaired) electrons. The van der Waals surface area contributed by atoms with Crippen molar-refractivity contribution in [3.8, 4) is 0 Å². The molecule has 0 fully saturated rings. The standard InChI is InChI=1S/C18H24BrNO4/c1-12(2)9-18(3,17(24)20-11-16(22)23)10-15(21)8-13-4-6-14(19)7-5-13/h4-7,12H,8-11H2,1-3H3,(H,20,24)(H,22,23). The lowest BCUT2D eigenvalue weighted by Gasteiger charge is -2.29. The van der Waals surface area contributed by atoms with Gasteiger partial charge in [-0.05, 0) is 30.0 Å². The first-order valence-corrected chi connectivity index (χ1v) is 8.68. The second-order valence-electron chi connectivity index (χ2n) is 6.75. The Balaban J connectivity index is 2.79. The van der Waals surface area contributed by atoms with Crippen LogP contribution in [0.15, 0.2) is 28.7 Å². The number of carboxylic acids is 1. The zero-order chi connectivity index (χ0) is 18.3. The largest absolute Gasteiger partial charge is 0.480 e. The maximum atomic E-state index is 12.4. The van der Waals surface area contributed by atoms with E-state index in [0.29, 0.717) is 6.42 Å². The second-order valence-corrected chi connectivity index (χ2v) is 7.67. The normalized spacial score (nSPS) is 13.4. The molecule has 1 aromatic carbocycles. The monoisotopic (exact) mass is 397 g/mol. The van der Waals surface area contributed by atoms with Crippen LogP contribution in [-0.4, -0.2) is 29.3 Å². The van der Waals surface area contributed by atoms with E-state index in [9.17, 15) is 14.4 Å². The molecule has 0 spiro atoms. The predicted molar refractivity (Wildman–Crippen MR) is 95.7 cm³/mol. The molecule has 0 aliphatic rings. The fourth-order valence-electron chi connectivity index (χ4n) is 2.84. The Morgan fingerprint density at radius 1 is 1.21 bits per heavy atom. The number of carbonyl (C=O) groups excluding carboxylic acids is 2. The number of amides is 1. The number of halogens is 1. The topological polar surface area (TPSA) is 83.5 Å². The molecule has 1 unspecified atom stereocenters. The Morgan fingerprint density at radius 3 is 2.29 bits per heavy atom. The molecule has 132 valence electrons. The molecule has 1 rings (SSSR count). The Labute approximate surface area is 151 Å². The summed E-state index contributed by atoms with van der Waals surface area (Å²) >= 11 is 3.35. The average Bonchev–Trinajstić information content (AvgIpc) is 2.46. The van der Waals surface area contributed by atoms with Crippen LogP contribution in [0, 0.1) is 11.3 Å². The van der Waals surface area contributed by atoms with E-state index in [0.717, 1.165) is 10.0 Å². The van der Waals surface area contributed by atoms with Crippen molar-refractivity contribution in [1.29, 1.82) is 0 Å². The van der Waals surface area contributed by atoms with Crippen molar-refractivity contribution >= 4 is 33.6 Å². The Bertz CT molecular complexity index is 598. The third-order valence-electron chi connectivity index (χ3n) is 3.71. The number of hydrogen-bond acceptors (Lipinski definition) is 3. The van der Waals surface area contributed by atoms with E-state index < -0.39 is 17.9 Å². The van der Waals surface area contributed by atoms with E-state index in [1.165, 1.54) is 0 Å². The molecule has 2 N–H and O–H groups in total. The lowest BCUT2D eigenvalue weighted by atomic mass is 9.76. The molecule has 6 heteroatoms. The van der Waals surface area contributed by atoms with Gasteiger partial charge in [0.2, 0.25) is 5.91 Å². The second kappa shape index (κ2) is 8.97. The molecule has 1 aromatic rings. The van der Waals surface area contributed by atoms with E-state index in [1.54, 1.807) is 6.92 Å². The number of rotatable bonds is 9. The highest BCUT2D eigenvalue weighted by molar-refractivity contribution is 9.10. The van der Waals surface area contributed by atoms with Crippen molar-refractivity contribution in [2.24, 2.45) is 11.3 Å². The van der Waals surface area contributed by atoms with Crippen LogP contribution in [0.1, 0.15) is 39.2 Å². The summed E-state index contributed by atoms with van der Waals surface area (Å²) in [6.45, 7) is 5.24. The SMILES string of the molecule is CC(C)CC(C)(CC(=O)Cc1ccc(Br)cc1)C(=O)NCC(=O)O. The minimum atomic E-state index is -1.10. The van der Waals surface area contributed by atoms with Crippen LogP contribution in [0.4, 0.5) is 0 Å². The van der Waals surface area contributed by atoms with E-state index in [1.807, 2.05) is 38.1 Å². The Hall–Kier alpha value is -1.69. The summed E-state index contributed by atoms with van der Waals surface area (Å²) in [6.07, 6.45) is 0.865. The molecule has 0 aromatic heterocycles. The quantitative estimate of drug-likeness (QED) is 0.669. The van der Waals surface area contributed by atoms with Crippen molar-refractivity contribution in [3.05, 3.63) is 34.3 Å². The van der Waals surface area contributed by atoms with Crippen LogP contribution in [0.2, 0.25) is 0 Å². The van der Waals surface area contributed by atoms with E-state index >= 15 is 0 Å². The molecule has 1 amide bonds. The molecule has 24 heavy (non-hydrogen) atoms. The lowest BCUT2D eigenvalue weighted by Crippen LogP contribution is -2.43. The van der Waals surface area contributed by atoms with Crippen LogP contribution in [0.25, 0.3) is 0 Å². The minimum Gasteiger partial charge on any atom is -0.480 e. The van der Waals surface area contributed by atoms with Crippen LogP contribution in [-0.2, 0) is 20.8 Å². The van der Waals surface area contributed by atoms with Crippen LogP contribution < -0.4 is 5.32 Å². The van der Waals surface area contributed by atoms with Gasteiger partial charge in [-0.25, -0.2) is 0 Å². The smallest absolute Gasteiger partial charge is 0.322 e. The summed E-state index contributed by atoms with van der Waals surface area (Å²) in [5.74, 6) is -1.31.